The first kappa shape index (κ1) is 15.9. The molecule has 3 heterocycles. The van der Waals surface area contributed by atoms with Gasteiger partial charge < -0.3 is 10.1 Å². The molecule has 0 radical (unpaired) electrons. The molecule has 1 N–H and O–H groups in total. The summed E-state index contributed by atoms with van der Waals surface area (Å²) in [5, 5.41) is 7.07. The van der Waals surface area contributed by atoms with Crippen molar-refractivity contribution >= 4 is 17.5 Å². The summed E-state index contributed by atoms with van der Waals surface area (Å²) in [5.41, 5.74) is 1.53. The van der Waals surface area contributed by atoms with Crippen molar-refractivity contribution in [2.75, 3.05) is 13.7 Å². The Kier molecular flexibility index (Phi) is 4.72. The third kappa shape index (κ3) is 3.52. The molecular formula is C16H14ClN5O2. The second-order valence-corrected chi connectivity index (χ2v) is 5.23. The number of ether oxygens (including phenoxy) is 1. The number of rotatable bonds is 5. The van der Waals surface area contributed by atoms with Gasteiger partial charge in [-0.1, -0.05) is 11.6 Å². The van der Waals surface area contributed by atoms with Crippen LogP contribution in [0.5, 0.6) is 5.88 Å². The second-order valence-electron chi connectivity index (χ2n) is 4.82. The zero-order chi connectivity index (χ0) is 16.9. The van der Waals surface area contributed by atoms with E-state index < -0.39 is 0 Å². The molecule has 0 aliphatic rings. The molecule has 0 spiro atoms. The van der Waals surface area contributed by atoms with E-state index in [0.29, 0.717) is 16.7 Å². The van der Waals surface area contributed by atoms with Crippen LogP contribution in [0.3, 0.4) is 0 Å². The van der Waals surface area contributed by atoms with E-state index in [1.807, 2.05) is 24.4 Å². The summed E-state index contributed by atoms with van der Waals surface area (Å²) >= 11 is 6.22. The molecule has 3 rings (SSSR count). The summed E-state index contributed by atoms with van der Waals surface area (Å²) in [5.74, 6) is 0.776. The van der Waals surface area contributed by atoms with Gasteiger partial charge in [0.05, 0.1) is 11.2 Å². The van der Waals surface area contributed by atoms with Crippen LogP contribution in [0.1, 0.15) is 0 Å². The summed E-state index contributed by atoms with van der Waals surface area (Å²) in [7, 11) is 1.54. The summed E-state index contributed by atoms with van der Waals surface area (Å²) in [6, 6.07) is 7.22. The standard InChI is InChI=1S/C16H14ClN5O2/c1-18-15(23)10-24-16-7-12(13(17)9-20-16)11-3-4-14(19-8-11)22-6-2-5-21-22/h2-9H,10H2,1H3,(H,18,23). The van der Waals surface area contributed by atoms with E-state index in [2.05, 4.69) is 20.4 Å². The minimum atomic E-state index is -0.237. The largest absolute Gasteiger partial charge is 0.468 e. The maximum absolute atomic E-state index is 11.2. The van der Waals surface area contributed by atoms with Gasteiger partial charge in [-0.2, -0.15) is 5.10 Å². The molecule has 0 aliphatic heterocycles. The molecule has 7 nitrogen and oxygen atoms in total. The number of carbonyl (C=O) groups is 1. The van der Waals surface area contributed by atoms with Crippen LogP contribution in [0.2, 0.25) is 5.02 Å². The number of pyridine rings is 2. The SMILES string of the molecule is CNC(=O)COc1cc(-c2ccc(-n3cccn3)nc2)c(Cl)cn1. The van der Waals surface area contributed by atoms with Crippen LogP contribution < -0.4 is 10.1 Å². The van der Waals surface area contributed by atoms with Crippen molar-refractivity contribution in [3.8, 4) is 22.8 Å². The summed E-state index contributed by atoms with van der Waals surface area (Å²) in [6.45, 7) is -0.110. The molecule has 8 heteroatoms. The predicted molar refractivity (Wildman–Crippen MR) is 89.2 cm³/mol. The third-order valence-electron chi connectivity index (χ3n) is 3.26. The Bertz CT molecular complexity index is 834. The first-order valence-corrected chi connectivity index (χ1v) is 7.50. The van der Waals surface area contributed by atoms with Crippen molar-refractivity contribution in [1.29, 1.82) is 0 Å². The highest BCUT2D eigenvalue weighted by Gasteiger charge is 2.09. The highest BCUT2D eigenvalue weighted by atomic mass is 35.5. The van der Waals surface area contributed by atoms with Gasteiger partial charge >= 0.3 is 0 Å². The fourth-order valence-electron chi connectivity index (χ4n) is 2.02. The number of amides is 1. The average Bonchev–Trinajstić information content (AvgIpc) is 3.15. The Hall–Kier alpha value is -2.93. The van der Waals surface area contributed by atoms with E-state index >= 15 is 0 Å². The molecular weight excluding hydrogens is 330 g/mol. The molecule has 0 saturated heterocycles. The Labute approximate surface area is 143 Å². The average molecular weight is 344 g/mol. The van der Waals surface area contributed by atoms with Gasteiger partial charge in [-0.3, -0.25) is 4.79 Å². The molecule has 122 valence electrons. The minimum Gasteiger partial charge on any atom is -0.468 e. The van der Waals surface area contributed by atoms with Crippen LogP contribution in [0.25, 0.3) is 16.9 Å². The van der Waals surface area contributed by atoms with Crippen LogP contribution in [0.15, 0.2) is 49.1 Å². The van der Waals surface area contributed by atoms with Gasteiger partial charge in [0.2, 0.25) is 5.88 Å². The molecule has 0 bridgehead atoms. The molecule has 0 fully saturated rings. The molecule has 0 unspecified atom stereocenters. The molecule has 0 aromatic carbocycles. The molecule has 3 aromatic heterocycles. The quantitative estimate of drug-likeness (QED) is 0.767. The first-order valence-electron chi connectivity index (χ1n) is 7.13. The lowest BCUT2D eigenvalue weighted by molar-refractivity contribution is -0.122. The van der Waals surface area contributed by atoms with Crippen molar-refractivity contribution in [3.63, 3.8) is 0 Å². The van der Waals surface area contributed by atoms with Gasteiger partial charge in [-0.15, -0.1) is 0 Å². The lowest BCUT2D eigenvalue weighted by atomic mass is 10.1. The van der Waals surface area contributed by atoms with E-state index in [1.165, 1.54) is 6.20 Å². The Morgan fingerprint density at radius 3 is 2.88 bits per heavy atom. The molecule has 1 amide bonds. The van der Waals surface area contributed by atoms with E-state index in [0.717, 1.165) is 11.1 Å². The van der Waals surface area contributed by atoms with Crippen molar-refractivity contribution < 1.29 is 9.53 Å². The van der Waals surface area contributed by atoms with Crippen LogP contribution in [-0.2, 0) is 4.79 Å². The third-order valence-corrected chi connectivity index (χ3v) is 3.56. The maximum atomic E-state index is 11.2. The highest BCUT2D eigenvalue weighted by Crippen LogP contribution is 2.29. The summed E-state index contributed by atoms with van der Waals surface area (Å²) in [4.78, 5) is 19.7. The van der Waals surface area contributed by atoms with E-state index in [4.69, 9.17) is 16.3 Å². The van der Waals surface area contributed by atoms with Gasteiger partial charge in [0.15, 0.2) is 12.4 Å². The maximum Gasteiger partial charge on any atom is 0.257 e. The second kappa shape index (κ2) is 7.10. The lowest BCUT2D eigenvalue weighted by Crippen LogP contribution is -2.25. The molecule has 0 atom stereocenters. The zero-order valence-electron chi connectivity index (χ0n) is 12.8. The van der Waals surface area contributed by atoms with Crippen molar-refractivity contribution in [2.24, 2.45) is 0 Å². The van der Waals surface area contributed by atoms with E-state index in [1.54, 1.807) is 30.2 Å². The lowest BCUT2D eigenvalue weighted by Gasteiger charge is -2.09. The molecule has 24 heavy (non-hydrogen) atoms. The smallest absolute Gasteiger partial charge is 0.257 e. The highest BCUT2D eigenvalue weighted by molar-refractivity contribution is 6.33. The van der Waals surface area contributed by atoms with Crippen molar-refractivity contribution in [2.45, 2.75) is 0 Å². The van der Waals surface area contributed by atoms with Crippen LogP contribution in [-0.4, -0.2) is 39.3 Å². The van der Waals surface area contributed by atoms with Gasteiger partial charge in [0.25, 0.3) is 5.91 Å². The van der Waals surface area contributed by atoms with Crippen LogP contribution >= 0.6 is 11.6 Å². The number of carbonyl (C=O) groups excluding carboxylic acids is 1. The zero-order valence-corrected chi connectivity index (χ0v) is 13.6. The normalized spacial score (nSPS) is 10.4. The number of hydrogen-bond donors (Lipinski definition) is 1. The minimum absolute atomic E-state index is 0.110. The van der Waals surface area contributed by atoms with Crippen molar-refractivity contribution in [3.05, 3.63) is 54.1 Å². The number of halogens is 1. The topological polar surface area (TPSA) is 81.9 Å². The van der Waals surface area contributed by atoms with Gasteiger partial charge in [0, 0.05) is 42.8 Å². The van der Waals surface area contributed by atoms with Gasteiger partial charge in [-0.25, -0.2) is 14.6 Å². The molecule has 0 saturated carbocycles. The fourth-order valence-corrected chi connectivity index (χ4v) is 2.23. The fraction of sp³-hybridized carbons (Fsp3) is 0.125. The summed E-state index contributed by atoms with van der Waals surface area (Å²) in [6.07, 6.45) is 6.68. The Morgan fingerprint density at radius 1 is 1.33 bits per heavy atom. The number of aromatic nitrogens is 4. The van der Waals surface area contributed by atoms with Crippen LogP contribution in [0.4, 0.5) is 0 Å². The number of likely N-dealkylation sites (N-methyl/N-ethyl adjacent to an activating group) is 1. The number of hydrogen-bond acceptors (Lipinski definition) is 5. The van der Waals surface area contributed by atoms with Gasteiger partial charge in [-0.05, 0) is 18.2 Å². The Balaban J connectivity index is 1.84. The molecule has 3 aromatic rings. The molecule has 0 aliphatic carbocycles. The van der Waals surface area contributed by atoms with E-state index in [-0.39, 0.29) is 12.5 Å². The Morgan fingerprint density at radius 2 is 2.21 bits per heavy atom. The first-order chi connectivity index (χ1) is 11.7. The van der Waals surface area contributed by atoms with E-state index in [9.17, 15) is 4.79 Å². The monoisotopic (exact) mass is 343 g/mol. The van der Waals surface area contributed by atoms with Crippen LogP contribution in [0, 0.1) is 0 Å². The summed E-state index contributed by atoms with van der Waals surface area (Å²) < 4.78 is 7.00. The van der Waals surface area contributed by atoms with Gasteiger partial charge in [0.1, 0.15) is 0 Å². The van der Waals surface area contributed by atoms with Crippen molar-refractivity contribution in [1.82, 2.24) is 25.1 Å². The number of nitrogens with zero attached hydrogens (tertiary/aromatic N) is 4. The predicted octanol–water partition coefficient (Wildman–Crippen LogP) is 2.11. The number of nitrogens with one attached hydrogen (secondary N) is 1.